The monoisotopic (exact) mass is 263 g/mol. The lowest BCUT2D eigenvalue weighted by molar-refractivity contribution is 0.0696. The van der Waals surface area contributed by atoms with Crippen LogP contribution in [0.4, 0.5) is 0 Å². The fourth-order valence-electron chi connectivity index (χ4n) is 2.01. The number of hydrogen-bond donors (Lipinski definition) is 2. The third kappa shape index (κ3) is 3.32. The number of ether oxygens (including phenoxy) is 1. The summed E-state index contributed by atoms with van der Waals surface area (Å²) < 4.78 is 5.32. The van der Waals surface area contributed by atoms with Crippen LogP contribution in [-0.2, 0) is 4.74 Å². The van der Waals surface area contributed by atoms with Gasteiger partial charge in [0, 0.05) is 24.1 Å². The number of carboxylic acids is 1. The molecule has 5 nitrogen and oxygen atoms in total. The van der Waals surface area contributed by atoms with Crippen LogP contribution in [0.3, 0.4) is 0 Å². The van der Waals surface area contributed by atoms with Crippen molar-refractivity contribution in [1.29, 1.82) is 0 Å². The van der Waals surface area contributed by atoms with Crippen LogP contribution in [0.5, 0.6) is 0 Å². The van der Waals surface area contributed by atoms with Gasteiger partial charge in [0.05, 0.1) is 12.2 Å². The van der Waals surface area contributed by atoms with E-state index in [1.807, 2.05) is 0 Å². The minimum Gasteiger partial charge on any atom is -0.478 e. The van der Waals surface area contributed by atoms with Gasteiger partial charge in [-0.15, -0.1) is 0 Å². The maximum atomic E-state index is 11.9. The Balaban J connectivity index is 1.94. The lowest BCUT2D eigenvalue weighted by Gasteiger charge is -2.21. The van der Waals surface area contributed by atoms with Crippen molar-refractivity contribution in [3.8, 4) is 0 Å². The molecule has 0 bridgehead atoms. The molecule has 1 amide bonds. The predicted octanol–water partition coefficient (Wildman–Crippen LogP) is 1.54. The summed E-state index contributed by atoms with van der Waals surface area (Å²) in [4.78, 5) is 22.6. The van der Waals surface area contributed by atoms with Crippen LogP contribution in [-0.4, -0.2) is 36.7 Å². The molecular formula is C14H17NO4. The molecule has 1 heterocycles. The molecule has 0 saturated carbocycles. The lowest BCUT2D eigenvalue weighted by atomic mass is 9.90. The highest BCUT2D eigenvalue weighted by Gasteiger charge is 2.30. The molecule has 102 valence electrons. The fraction of sp³-hybridized carbons (Fsp3) is 0.429. The quantitative estimate of drug-likeness (QED) is 0.864. The Bertz CT molecular complexity index is 475. The maximum Gasteiger partial charge on any atom is 0.335 e. The molecule has 0 aromatic heterocycles. The second kappa shape index (κ2) is 5.40. The lowest BCUT2D eigenvalue weighted by Crippen LogP contribution is -2.36. The molecule has 1 aromatic carbocycles. The molecule has 0 radical (unpaired) electrons. The molecule has 2 N–H and O–H groups in total. The molecule has 1 atom stereocenters. The summed E-state index contributed by atoms with van der Waals surface area (Å²) in [6, 6.07) is 5.90. The molecule has 19 heavy (non-hydrogen) atoms. The van der Waals surface area contributed by atoms with Crippen molar-refractivity contribution in [3.63, 3.8) is 0 Å². The number of carbonyl (C=O) groups is 2. The van der Waals surface area contributed by atoms with Crippen molar-refractivity contribution in [2.45, 2.75) is 13.3 Å². The SMILES string of the molecule is C[C@]1(CNC(=O)c2ccc(C(=O)O)cc2)CCOC1. The zero-order valence-corrected chi connectivity index (χ0v) is 10.8. The Morgan fingerprint density at radius 3 is 2.47 bits per heavy atom. The molecule has 2 rings (SSSR count). The Labute approximate surface area is 111 Å². The number of carbonyl (C=O) groups excluding carboxylic acids is 1. The van der Waals surface area contributed by atoms with Gasteiger partial charge in [0.15, 0.2) is 0 Å². The summed E-state index contributed by atoms with van der Waals surface area (Å²) in [5.41, 5.74) is 0.636. The number of benzene rings is 1. The Morgan fingerprint density at radius 1 is 1.32 bits per heavy atom. The van der Waals surface area contributed by atoms with Crippen molar-refractivity contribution in [1.82, 2.24) is 5.32 Å². The van der Waals surface area contributed by atoms with Crippen LogP contribution in [0.15, 0.2) is 24.3 Å². The van der Waals surface area contributed by atoms with Gasteiger partial charge in [0.2, 0.25) is 0 Å². The summed E-state index contributed by atoms with van der Waals surface area (Å²) >= 11 is 0. The molecule has 0 spiro atoms. The molecular weight excluding hydrogens is 246 g/mol. The van der Waals surface area contributed by atoms with Gasteiger partial charge in [-0.05, 0) is 30.7 Å². The summed E-state index contributed by atoms with van der Waals surface area (Å²) in [5, 5.41) is 11.6. The minimum atomic E-state index is -0.998. The third-order valence-electron chi connectivity index (χ3n) is 3.37. The first-order chi connectivity index (χ1) is 9.00. The van der Waals surface area contributed by atoms with Gasteiger partial charge in [0.1, 0.15) is 0 Å². The number of rotatable bonds is 4. The van der Waals surface area contributed by atoms with Gasteiger partial charge < -0.3 is 15.2 Å². The zero-order valence-electron chi connectivity index (χ0n) is 10.8. The third-order valence-corrected chi connectivity index (χ3v) is 3.37. The van der Waals surface area contributed by atoms with Crippen LogP contribution >= 0.6 is 0 Å². The van der Waals surface area contributed by atoms with Gasteiger partial charge in [-0.3, -0.25) is 4.79 Å². The largest absolute Gasteiger partial charge is 0.478 e. The number of aromatic carboxylic acids is 1. The highest BCUT2D eigenvalue weighted by atomic mass is 16.5. The molecule has 1 aliphatic heterocycles. The van der Waals surface area contributed by atoms with Crippen LogP contribution in [0.1, 0.15) is 34.1 Å². The van der Waals surface area contributed by atoms with E-state index in [0.29, 0.717) is 18.7 Å². The predicted molar refractivity (Wildman–Crippen MR) is 69.3 cm³/mol. The molecule has 1 fully saturated rings. The van der Waals surface area contributed by atoms with E-state index in [1.54, 1.807) is 0 Å². The highest BCUT2D eigenvalue weighted by Crippen LogP contribution is 2.26. The van der Waals surface area contributed by atoms with E-state index >= 15 is 0 Å². The van der Waals surface area contributed by atoms with E-state index in [2.05, 4.69) is 12.2 Å². The number of amides is 1. The van der Waals surface area contributed by atoms with E-state index in [0.717, 1.165) is 13.0 Å². The topological polar surface area (TPSA) is 75.6 Å². The number of nitrogens with one attached hydrogen (secondary N) is 1. The summed E-state index contributed by atoms with van der Waals surface area (Å²) in [6.07, 6.45) is 0.936. The van der Waals surface area contributed by atoms with Crippen molar-refractivity contribution in [3.05, 3.63) is 35.4 Å². The molecule has 1 aromatic rings. The molecule has 1 saturated heterocycles. The van der Waals surface area contributed by atoms with Gasteiger partial charge in [0.25, 0.3) is 5.91 Å². The van der Waals surface area contributed by atoms with E-state index < -0.39 is 5.97 Å². The van der Waals surface area contributed by atoms with Gasteiger partial charge in [-0.25, -0.2) is 4.79 Å². The number of carboxylic acid groups (broad SMARTS) is 1. The van der Waals surface area contributed by atoms with Gasteiger partial charge in [-0.2, -0.15) is 0 Å². The van der Waals surface area contributed by atoms with E-state index in [1.165, 1.54) is 24.3 Å². The van der Waals surface area contributed by atoms with Crippen molar-refractivity contribution >= 4 is 11.9 Å². The molecule has 5 heteroatoms. The van der Waals surface area contributed by atoms with Crippen molar-refractivity contribution < 1.29 is 19.4 Å². The highest BCUT2D eigenvalue weighted by molar-refractivity contribution is 5.95. The summed E-state index contributed by atoms with van der Waals surface area (Å²) in [5.74, 6) is -1.19. The normalized spacial score (nSPS) is 22.2. The molecule has 1 aliphatic rings. The summed E-state index contributed by atoms with van der Waals surface area (Å²) in [7, 11) is 0. The standard InChI is InChI=1S/C14H17NO4/c1-14(6-7-19-9-14)8-15-12(16)10-2-4-11(5-3-10)13(17)18/h2-5H,6-9H2,1H3,(H,15,16)(H,17,18)/t14-/m1/s1. The average Bonchev–Trinajstić information content (AvgIpc) is 2.83. The molecule has 0 aliphatic carbocycles. The summed E-state index contributed by atoms with van der Waals surface area (Å²) in [6.45, 7) is 4.03. The molecule has 0 unspecified atom stereocenters. The number of hydrogen-bond acceptors (Lipinski definition) is 3. The van der Waals surface area contributed by atoms with Crippen LogP contribution in [0.2, 0.25) is 0 Å². The fourth-order valence-corrected chi connectivity index (χ4v) is 2.01. The first kappa shape index (κ1) is 13.5. The van der Waals surface area contributed by atoms with Crippen molar-refractivity contribution in [2.75, 3.05) is 19.8 Å². The van der Waals surface area contributed by atoms with E-state index in [4.69, 9.17) is 9.84 Å². The minimum absolute atomic E-state index is 0.00331. The van der Waals surface area contributed by atoms with E-state index in [9.17, 15) is 9.59 Å². The van der Waals surface area contributed by atoms with Crippen molar-refractivity contribution in [2.24, 2.45) is 5.41 Å². The first-order valence-corrected chi connectivity index (χ1v) is 6.19. The Kier molecular flexibility index (Phi) is 3.85. The Hall–Kier alpha value is -1.88. The average molecular weight is 263 g/mol. The van der Waals surface area contributed by atoms with Gasteiger partial charge >= 0.3 is 5.97 Å². The smallest absolute Gasteiger partial charge is 0.335 e. The second-order valence-corrected chi connectivity index (χ2v) is 5.18. The second-order valence-electron chi connectivity index (χ2n) is 5.18. The van der Waals surface area contributed by atoms with Gasteiger partial charge in [-0.1, -0.05) is 6.92 Å². The maximum absolute atomic E-state index is 11.9. The first-order valence-electron chi connectivity index (χ1n) is 6.19. The zero-order chi connectivity index (χ0) is 13.9. The van der Waals surface area contributed by atoms with Crippen LogP contribution in [0.25, 0.3) is 0 Å². The van der Waals surface area contributed by atoms with Crippen LogP contribution < -0.4 is 5.32 Å². The Morgan fingerprint density at radius 2 is 1.95 bits per heavy atom. The van der Waals surface area contributed by atoms with E-state index in [-0.39, 0.29) is 16.9 Å². The van der Waals surface area contributed by atoms with Crippen LogP contribution in [0, 0.1) is 5.41 Å².